The van der Waals surface area contributed by atoms with Gasteiger partial charge in [-0.1, -0.05) is 24.3 Å². The van der Waals surface area contributed by atoms with Gasteiger partial charge >= 0.3 is 0 Å². The molecule has 120 valence electrons. The van der Waals surface area contributed by atoms with Crippen LogP contribution in [0.15, 0.2) is 42.5 Å². The van der Waals surface area contributed by atoms with Crippen LogP contribution in [-0.2, 0) is 4.79 Å². The number of hydrogen-bond donors (Lipinski definition) is 1. The van der Waals surface area contributed by atoms with Crippen molar-refractivity contribution < 1.29 is 13.6 Å². The van der Waals surface area contributed by atoms with Crippen LogP contribution in [-0.4, -0.2) is 11.9 Å². The van der Waals surface area contributed by atoms with E-state index in [2.05, 4.69) is 5.32 Å². The highest BCUT2D eigenvalue weighted by Crippen LogP contribution is 2.40. The molecule has 1 amide bonds. The van der Waals surface area contributed by atoms with Crippen molar-refractivity contribution in [2.75, 3.05) is 10.2 Å². The molecule has 0 aliphatic carbocycles. The number of anilines is 2. The maximum absolute atomic E-state index is 14.4. The van der Waals surface area contributed by atoms with Gasteiger partial charge in [0.15, 0.2) is 0 Å². The molecule has 5 heteroatoms. The van der Waals surface area contributed by atoms with Crippen LogP contribution in [0.5, 0.6) is 0 Å². The molecule has 1 heterocycles. The van der Waals surface area contributed by atoms with Crippen LogP contribution in [0.25, 0.3) is 0 Å². The van der Waals surface area contributed by atoms with Gasteiger partial charge in [0.25, 0.3) is 0 Å². The van der Waals surface area contributed by atoms with Crippen LogP contribution < -0.4 is 10.2 Å². The average molecular weight is 316 g/mol. The molecule has 0 saturated carbocycles. The zero-order valence-corrected chi connectivity index (χ0v) is 13.0. The van der Waals surface area contributed by atoms with Crippen LogP contribution in [0.4, 0.5) is 20.2 Å². The SMILES string of the molecule is CC(=O)N1c2c(F)cccc2[C@H](Nc2ccccc2F)C[C@@H]1C. The molecule has 0 aromatic heterocycles. The summed E-state index contributed by atoms with van der Waals surface area (Å²) in [6, 6.07) is 10.7. The van der Waals surface area contributed by atoms with Gasteiger partial charge in [-0.25, -0.2) is 8.78 Å². The number of rotatable bonds is 2. The van der Waals surface area contributed by atoms with Gasteiger partial charge in [0, 0.05) is 18.5 Å². The van der Waals surface area contributed by atoms with Gasteiger partial charge in [0.1, 0.15) is 11.6 Å². The van der Waals surface area contributed by atoms with E-state index in [-0.39, 0.29) is 29.5 Å². The van der Waals surface area contributed by atoms with Crippen LogP contribution in [0, 0.1) is 11.6 Å². The fraction of sp³-hybridized carbons (Fsp3) is 0.278. The van der Waals surface area contributed by atoms with Crippen LogP contribution in [0.3, 0.4) is 0 Å². The van der Waals surface area contributed by atoms with Crippen molar-refractivity contribution in [3.63, 3.8) is 0 Å². The second kappa shape index (κ2) is 5.99. The first-order valence-corrected chi connectivity index (χ1v) is 7.58. The summed E-state index contributed by atoms with van der Waals surface area (Å²) in [6.07, 6.45) is 0.574. The molecule has 0 radical (unpaired) electrons. The summed E-state index contributed by atoms with van der Waals surface area (Å²) in [7, 11) is 0. The summed E-state index contributed by atoms with van der Waals surface area (Å²) in [5.74, 6) is -0.995. The summed E-state index contributed by atoms with van der Waals surface area (Å²) in [5, 5.41) is 3.14. The maximum atomic E-state index is 14.4. The lowest BCUT2D eigenvalue weighted by atomic mass is 9.91. The van der Waals surface area contributed by atoms with E-state index in [0.717, 1.165) is 0 Å². The number of para-hydroxylation sites is 2. The minimum Gasteiger partial charge on any atom is -0.376 e. The normalized spacial score (nSPS) is 20.1. The molecule has 1 aliphatic rings. The van der Waals surface area contributed by atoms with Crippen molar-refractivity contribution in [3.05, 3.63) is 59.7 Å². The zero-order valence-electron chi connectivity index (χ0n) is 13.0. The van der Waals surface area contributed by atoms with E-state index in [1.54, 1.807) is 30.3 Å². The Morgan fingerprint density at radius 2 is 1.83 bits per heavy atom. The first-order valence-electron chi connectivity index (χ1n) is 7.58. The molecule has 2 aromatic carbocycles. The highest BCUT2D eigenvalue weighted by Gasteiger charge is 2.34. The summed E-state index contributed by atoms with van der Waals surface area (Å²) < 4.78 is 28.3. The van der Waals surface area contributed by atoms with Gasteiger partial charge in [-0.2, -0.15) is 0 Å². The first kappa shape index (κ1) is 15.5. The average Bonchev–Trinajstić information content (AvgIpc) is 2.50. The van der Waals surface area contributed by atoms with Gasteiger partial charge < -0.3 is 10.2 Å². The smallest absolute Gasteiger partial charge is 0.224 e. The zero-order chi connectivity index (χ0) is 16.6. The van der Waals surface area contributed by atoms with Crippen molar-refractivity contribution in [3.8, 4) is 0 Å². The molecule has 2 atom stereocenters. The molecule has 23 heavy (non-hydrogen) atoms. The molecule has 0 bridgehead atoms. The second-order valence-corrected chi connectivity index (χ2v) is 5.83. The molecule has 0 spiro atoms. The number of nitrogens with zero attached hydrogens (tertiary/aromatic N) is 1. The molecule has 0 unspecified atom stereocenters. The summed E-state index contributed by atoms with van der Waals surface area (Å²) in [6.45, 7) is 3.30. The molecule has 0 fully saturated rings. The van der Waals surface area contributed by atoms with E-state index in [1.165, 1.54) is 24.0 Å². The number of carbonyl (C=O) groups is 1. The van der Waals surface area contributed by atoms with Crippen molar-refractivity contribution in [2.24, 2.45) is 0 Å². The standard InChI is InChI=1S/C18H18F2N2O/c1-11-10-17(21-16-9-4-3-7-14(16)19)13-6-5-8-15(20)18(13)22(11)12(2)23/h3-9,11,17,21H,10H2,1-2H3/t11-,17+/m0/s1. The Hall–Kier alpha value is -2.43. The Kier molecular flexibility index (Phi) is 4.03. The van der Waals surface area contributed by atoms with E-state index >= 15 is 0 Å². The topological polar surface area (TPSA) is 32.3 Å². The van der Waals surface area contributed by atoms with E-state index in [4.69, 9.17) is 0 Å². The van der Waals surface area contributed by atoms with Crippen LogP contribution in [0.2, 0.25) is 0 Å². The minimum absolute atomic E-state index is 0.179. The Labute approximate surface area is 133 Å². The number of benzene rings is 2. The molecule has 0 saturated heterocycles. The number of fused-ring (bicyclic) bond motifs is 1. The van der Waals surface area contributed by atoms with Crippen LogP contribution >= 0.6 is 0 Å². The van der Waals surface area contributed by atoms with Gasteiger partial charge in [-0.3, -0.25) is 4.79 Å². The molecular formula is C18H18F2N2O. The Balaban J connectivity index is 2.04. The second-order valence-electron chi connectivity index (χ2n) is 5.83. The quantitative estimate of drug-likeness (QED) is 0.897. The highest BCUT2D eigenvalue weighted by molar-refractivity contribution is 5.94. The van der Waals surface area contributed by atoms with Gasteiger partial charge in [0.2, 0.25) is 5.91 Å². The third-order valence-corrected chi connectivity index (χ3v) is 4.19. The van der Waals surface area contributed by atoms with Gasteiger partial charge in [0.05, 0.1) is 17.4 Å². The maximum Gasteiger partial charge on any atom is 0.224 e. The fourth-order valence-corrected chi connectivity index (χ4v) is 3.23. The molecule has 3 nitrogen and oxygen atoms in total. The van der Waals surface area contributed by atoms with Gasteiger partial charge in [-0.05, 0) is 31.5 Å². The molecular weight excluding hydrogens is 298 g/mol. The van der Waals surface area contributed by atoms with E-state index in [9.17, 15) is 13.6 Å². The summed E-state index contributed by atoms with van der Waals surface area (Å²) in [5.41, 5.74) is 1.32. The fourth-order valence-electron chi connectivity index (χ4n) is 3.23. The van der Waals surface area contributed by atoms with Gasteiger partial charge in [-0.15, -0.1) is 0 Å². The molecule has 1 N–H and O–H groups in total. The first-order chi connectivity index (χ1) is 11.0. The highest BCUT2D eigenvalue weighted by atomic mass is 19.1. The minimum atomic E-state index is -0.440. The van der Waals surface area contributed by atoms with Crippen LogP contribution in [0.1, 0.15) is 31.9 Å². The van der Waals surface area contributed by atoms with E-state index < -0.39 is 5.82 Å². The predicted molar refractivity (Wildman–Crippen MR) is 86.4 cm³/mol. The largest absolute Gasteiger partial charge is 0.376 e. The predicted octanol–water partition coefficient (Wildman–Crippen LogP) is 4.26. The molecule has 2 aromatic rings. The van der Waals surface area contributed by atoms with Crippen molar-refractivity contribution in [1.29, 1.82) is 0 Å². The Morgan fingerprint density at radius 1 is 1.13 bits per heavy atom. The van der Waals surface area contributed by atoms with E-state index in [0.29, 0.717) is 17.7 Å². The molecule has 1 aliphatic heterocycles. The number of carbonyl (C=O) groups excluding carboxylic acids is 1. The Bertz CT molecular complexity index is 748. The van der Waals surface area contributed by atoms with E-state index in [1.807, 2.05) is 6.92 Å². The monoisotopic (exact) mass is 316 g/mol. The van der Waals surface area contributed by atoms with Crippen molar-refractivity contribution in [2.45, 2.75) is 32.4 Å². The lowest BCUT2D eigenvalue weighted by Gasteiger charge is -2.39. The Morgan fingerprint density at radius 3 is 2.52 bits per heavy atom. The third-order valence-electron chi connectivity index (χ3n) is 4.19. The number of hydrogen-bond acceptors (Lipinski definition) is 2. The number of amides is 1. The summed E-state index contributed by atoms with van der Waals surface area (Å²) in [4.78, 5) is 13.4. The lowest BCUT2D eigenvalue weighted by molar-refractivity contribution is -0.117. The summed E-state index contributed by atoms with van der Waals surface area (Å²) >= 11 is 0. The van der Waals surface area contributed by atoms with Crippen molar-refractivity contribution >= 4 is 17.3 Å². The van der Waals surface area contributed by atoms with Crippen molar-refractivity contribution in [1.82, 2.24) is 0 Å². The lowest BCUT2D eigenvalue weighted by Crippen LogP contribution is -2.43. The molecule has 3 rings (SSSR count). The number of halogens is 2. The number of nitrogens with one attached hydrogen (secondary N) is 1. The third kappa shape index (κ3) is 2.79.